The average molecular weight is 366 g/mol. The summed E-state index contributed by atoms with van der Waals surface area (Å²) in [7, 11) is 0. The van der Waals surface area contributed by atoms with E-state index in [0.717, 1.165) is 21.5 Å². The molecule has 4 heteroatoms. The molecule has 0 aliphatic rings. The number of rotatable bonds is 3. The molecule has 0 N–H and O–H groups in total. The minimum absolute atomic E-state index is 0.177. The van der Waals surface area contributed by atoms with Crippen molar-refractivity contribution in [2.75, 3.05) is 0 Å². The molecule has 4 nitrogen and oxygen atoms in total. The Kier molecular flexibility index (Phi) is 4.49. The van der Waals surface area contributed by atoms with Gasteiger partial charge in [-0.25, -0.2) is 9.59 Å². The van der Waals surface area contributed by atoms with E-state index in [1.165, 1.54) is 12.1 Å². The van der Waals surface area contributed by atoms with Gasteiger partial charge in [-0.2, -0.15) is 0 Å². The maximum absolute atomic E-state index is 12.6. The van der Waals surface area contributed by atoms with Crippen LogP contribution in [0.4, 0.5) is 0 Å². The van der Waals surface area contributed by atoms with Crippen LogP contribution in [0.3, 0.4) is 0 Å². The second kappa shape index (κ2) is 7.26. The van der Waals surface area contributed by atoms with E-state index in [4.69, 9.17) is 11.2 Å². The first-order valence-corrected chi connectivity index (χ1v) is 8.56. The van der Waals surface area contributed by atoms with E-state index in [9.17, 15) is 9.59 Å². The molecule has 4 rings (SSSR count). The molecule has 28 heavy (non-hydrogen) atoms. The quantitative estimate of drug-likeness (QED) is 0.223. The van der Waals surface area contributed by atoms with Gasteiger partial charge in [0.05, 0.1) is 11.1 Å². The van der Waals surface area contributed by atoms with Gasteiger partial charge >= 0.3 is 11.9 Å². The topological polar surface area (TPSA) is 52.6 Å². The van der Waals surface area contributed by atoms with Crippen molar-refractivity contribution >= 4 is 33.5 Å². The lowest BCUT2D eigenvalue weighted by atomic mass is 10.0. The van der Waals surface area contributed by atoms with Gasteiger partial charge in [-0.1, -0.05) is 48.9 Å². The van der Waals surface area contributed by atoms with Gasteiger partial charge in [0, 0.05) is 5.39 Å². The molecule has 0 aliphatic heterocycles. The fraction of sp³-hybridized carbons (Fsp3) is 0. The van der Waals surface area contributed by atoms with Crippen molar-refractivity contribution in [3.05, 3.63) is 90.0 Å². The normalized spacial score (nSPS) is 10.4. The molecule has 134 valence electrons. The molecule has 0 atom stereocenters. The molecule has 0 saturated heterocycles. The Labute approximate surface area is 161 Å². The molecule has 4 aromatic carbocycles. The Balaban J connectivity index is 1.69. The van der Waals surface area contributed by atoms with Crippen molar-refractivity contribution in [3.63, 3.8) is 0 Å². The van der Waals surface area contributed by atoms with Crippen LogP contribution in [0.1, 0.15) is 20.7 Å². The summed E-state index contributed by atoms with van der Waals surface area (Å²) < 4.78 is 10.1. The molecule has 0 aliphatic carbocycles. The summed E-state index contributed by atoms with van der Waals surface area (Å²) in [6, 6.07) is 23.6. The van der Waals surface area contributed by atoms with E-state index in [1.807, 2.05) is 48.6 Å². The highest BCUT2D eigenvalue weighted by Crippen LogP contribution is 2.30. The van der Waals surface area contributed by atoms with Gasteiger partial charge in [-0.15, -0.1) is 0 Å². The third-order valence-corrected chi connectivity index (χ3v) is 4.39. The Hall–Kier alpha value is -4.10. The average Bonchev–Trinajstić information content (AvgIpc) is 2.73. The lowest BCUT2D eigenvalue weighted by Gasteiger charge is -2.09. The zero-order valence-electron chi connectivity index (χ0n) is 14.7. The van der Waals surface area contributed by atoms with E-state index in [1.54, 1.807) is 18.2 Å². The first-order chi connectivity index (χ1) is 13.7. The smallest absolute Gasteiger partial charge is 0.352 e. The fourth-order valence-corrected chi connectivity index (χ4v) is 3.07. The van der Waals surface area contributed by atoms with Crippen LogP contribution in [0, 0.1) is 12.5 Å². The minimum atomic E-state index is -0.700. The van der Waals surface area contributed by atoms with Crippen molar-refractivity contribution in [2.24, 2.45) is 0 Å². The van der Waals surface area contributed by atoms with Gasteiger partial charge in [-0.3, -0.25) is 0 Å². The molecule has 0 amide bonds. The van der Waals surface area contributed by atoms with Crippen molar-refractivity contribution in [1.29, 1.82) is 0 Å². The van der Waals surface area contributed by atoms with Gasteiger partial charge < -0.3 is 9.47 Å². The Morgan fingerprint density at radius 1 is 0.714 bits per heavy atom. The van der Waals surface area contributed by atoms with Crippen LogP contribution in [-0.4, -0.2) is 11.9 Å². The largest absolute Gasteiger partial charge is 0.422 e. The molecule has 0 heterocycles. The maximum Gasteiger partial charge on any atom is 0.352 e. The van der Waals surface area contributed by atoms with E-state index in [0.29, 0.717) is 5.75 Å². The second-order valence-corrected chi connectivity index (χ2v) is 6.15. The fourth-order valence-electron chi connectivity index (χ4n) is 3.07. The molecule has 0 spiro atoms. The number of carbonyl (C=O) groups excluding carboxylic acids is 2. The Morgan fingerprint density at radius 3 is 2.11 bits per heavy atom. The van der Waals surface area contributed by atoms with E-state index < -0.39 is 11.9 Å². The summed E-state index contributed by atoms with van der Waals surface area (Å²) in [6.07, 6.45) is 6.80. The zero-order valence-corrected chi connectivity index (χ0v) is 14.7. The number of terminal acetylenes is 1. The Bertz CT molecular complexity index is 1260. The van der Waals surface area contributed by atoms with Crippen LogP contribution in [-0.2, 0) is 4.74 Å². The lowest BCUT2D eigenvalue weighted by Crippen LogP contribution is -2.10. The number of fused-ring (bicyclic) bond motifs is 2. The molecule has 0 radical (unpaired) electrons. The van der Waals surface area contributed by atoms with Gasteiger partial charge in [-0.05, 0) is 52.6 Å². The number of ether oxygens (including phenoxy) is 2. The van der Waals surface area contributed by atoms with Gasteiger partial charge in [0.25, 0.3) is 0 Å². The van der Waals surface area contributed by atoms with Gasteiger partial charge in [0.15, 0.2) is 0 Å². The third kappa shape index (κ3) is 3.29. The molecular formula is C24H14O4. The summed E-state index contributed by atoms with van der Waals surface area (Å²) in [5.74, 6) is -0.824. The highest BCUT2D eigenvalue weighted by Gasteiger charge is 2.14. The van der Waals surface area contributed by atoms with Crippen LogP contribution in [0.15, 0.2) is 78.9 Å². The van der Waals surface area contributed by atoms with Crippen molar-refractivity contribution in [1.82, 2.24) is 0 Å². The number of hydrogen-bond acceptors (Lipinski definition) is 4. The van der Waals surface area contributed by atoms with Gasteiger partial charge in [0.2, 0.25) is 0 Å². The van der Waals surface area contributed by atoms with Gasteiger partial charge in [0.1, 0.15) is 11.9 Å². The first-order valence-electron chi connectivity index (χ1n) is 8.56. The summed E-state index contributed by atoms with van der Waals surface area (Å²) in [4.78, 5) is 24.4. The third-order valence-electron chi connectivity index (χ3n) is 4.39. The van der Waals surface area contributed by atoms with Crippen molar-refractivity contribution in [3.8, 4) is 18.3 Å². The molecule has 4 aromatic rings. The Morgan fingerprint density at radius 2 is 1.36 bits per heavy atom. The molecule has 0 bridgehead atoms. The number of esters is 2. The predicted molar refractivity (Wildman–Crippen MR) is 107 cm³/mol. The molecule has 0 unspecified atom stereocenters. The van der Waals surface area contributed by atoms with Crippen LogP contribution in [0.5, 0.6) is 5.75 Å². The second-order valence-electron chi connectivity index (χ2n) is 6.15. The van der Waals surface area contributed by atoms with Crippen molar-refractivity contribution in [2.45, 2.75) is 0 Å². The number of benzene rings is 4. The monoisotopic (exact) mass is 366 g/mol. The van der Waals surface area contributed by atoms with E-state index in [2.05, 4.69) is 10.8 Å². The molecule has 0 fully saturated rings. The number of hydrogen-bond donors (Lipinski definition) is 0. The SMILES string of the molecule is C#COC(=O)c1cccc(C(=O)Oc2cccc3cc4ccccc4cc23)c1. The van der Waals surface area contributed by atoms with E-state index in [-0.39, 0.29) is 11.1 Å². The minimum Gasteiger partial charge on any atom is -0.422 e. The highest BCUT2D eigenvalue weighted by atomic mass is 16.5. The summed E-state index contributed by atoms with van der Waals surface area (Å²) in [5.41, 5.74) is 0.403. The standard InChI is InChI=1S/C24H14O4/c1-2-27-23(25)19-10-5-11-20(14-19)24(26)28-22-12-6-9-18-13-16-7-3-4-8-17(16)15-21(18)22/h1,3-15H. The summed E-state index contributed by atoms with van der Waals surface area (Å²) in [5, 5.41) is 3.96. The predicted octanol–water partition coefficient (Wildman–Crippen LogP) is 4.96. The van der Waals surface area contributed by atoms with E-state index >= 15 is 0 Å². The zero-order chi connectivity index (χ0) is 19.5. The van der Waals surface area contributed by atoms with Crippen LogP contribution >= 0.6 is 0 Å². The molecule has 0 saturated carbocycles. The van der Waals surface area contributed by atoms with Crippen LogP contribution in [0.25, 0.3) is 21.5 Å². The van der Waals surface area contributed by atoms with Crippen LogP contribution < -0.4 is 4.74 Å². The first kappa shape index (κ1) is 17.3. The van der Waals surface area contributed by atoms with Crippen molar-refractivity contribution < 1.29 is 19.1 Å². The lowest BCUT2D eigenvalue weighted by molar-refractivity contribution is 0.0691. The highest BCUT2D eigenvalue weighted by molar-refractivity contribution is 6.03. The molecular weight excluding hydrogens is 352 g/mol. The maximum atomic E-state index is 12.6. The number of carbonyl (C=O) groups is 2. The summed E-state index contributed by atoms with van der Waals surface area (Å²) in [6.45, 7) is 0. The summed E-state index contributed by atoms with van der Waals surface area (Å²) >= 11 is 0. The van der Waals surface area contributed by atoms with Crippen LogP contribution in [0.2, 0.25) is 0 Å². The molecule has 0 aromatic heterocycles.